The van der Waals surface area contributed by atoms with E-state index in [9.17, 15) is 0 Å². The highest BCUT2D eigenvalue weighted by Gasteiger charge is 2.08. The zero-order valence-corrected chi connectivity index (χ0v) is 13.0. The van der Waals surface area contributed by atoms with Crippen molar-refractivity contribution in [2.24, 2.45) is 0 Å². The summed E-state index contributed by atoms with van der Waals surface area (Å²) in [5.41, 5.74) is 0. The van der Waals surface area contributed by atoms with Crippen LogP contribution in [-0.2, 0) is 4.74 Å². The van der Waals surface area contributed by atoms with Crippen LogP contribution >= 0.6 is 23.2 Å². The summed E-state index contributed by atoms with van der Waals surface area (Å²) in [5, 5.41) is 7.15. The van der Waals surface area contributed by atoms with Crippen LogP contribution in [-0.4, -0.2) is 57.3 Å². The Bertz CT molecular complexity index is 404. The van der Waals surface area contributed by atoms with Crippen molar-refractivity contribution in [3.63, 3.8) is 0 Å². The summed E-state index contributed by atoms with van der Waals surface area (Å²) in [6.45, 7) is 3.23. The van der Waals surface area contributed by atoms with Gasteiger partial charge in [-0.15, -0.1) is 0 Å². The summed E-state index contributed by atoms with van der Waals surface area (Å²) in [5.74, 6) is 1.25. The van der Waals surface area contributed by atoms with Gasteiger partial charge in [0, 0.05) is 33.8 Å². The number of hydrogen-bond acceptors (Lipinski definition) is 5. The number of anilines is 2. The highest BCUT2D eigenvalue weighted by Crippen LogP contribution is 2.28. The third kappa shape index (κ3) is 5.40. The molecule has 0 radical (unpaired) electrons. The minimum Gasteiger partial charge on any atom is -0.383 e. The van der Waals surface area contributed by atoms with Gasteiger partial charge in [0.25, 0.3) is 0 Å². The molecular weight excluding hydrogens is 287 g/mol. The minimum absolute atomic E-state index is 0.510. The molecule has 0 aromatic carbocycles. The molecule has 1 aromatic rings. The maximum Gasteiger partial charge on any atom is 0.147 e. The quantitative estimate of drug-likeness (QED) is 0.772. The van der Waals surface area contributed by atoms with Crippen molar-refractivity contribution in [3.05, 3.63) is 16.1 Å². The Balaban J connectivity index is 2.49. The minimum atomic E-state index is 0.510. The number of methoxy groups -OCH3 is 1. The Morgan fingerprint density at radius 1 is 1.26 bits per heavy atom. The fourth-order valence-corrected chi connectivity index (χ4v) is 2.01. The lowest BCUT2D eigenvalue weighted by Gasteiger charge is -2.17. The first-order valence-electron chi connectivity index (χ1n) is 6.03. The van der Waals surface area contributed by atoms with Gasteiger partial charge in [-0.3, -0.25) is 0 Å². The van der Waals surface area contributed by atoms with Gasteiger partial charge in [-0.05, 0) is 13.1 Å². The molecule has 5 nitrogen and oxygen atoms in total. The number of nitrogens with one attached hydrogen (secondary N) is 2. The second-order valence-electron chi connectivity index (χ2n) is 4.12. The van der Waals surface area contributed by atoms with Crippen LogP contribution in [0.1, 0.15) is 0 Å². The zero-order chi connectivity index (χ0) is 14.3. The van der Waals surface area contributed by atoms with Crippen LogP contribution in [0.25, 0.3) is 0 Å². The Kier molecular flexibility index (Phi) is 7.23. The molecule has 1 heterocycles. The van der Waals surface area contributed by atoms with Crippen LogP contribution in [0.5, 0.6) is 0 Å². The van der Waals surface area contributed by atoms with Crippen molar-refractivity contribution >= 4 is 34.8 Å². The molecule has 0 saturated heterocycles. The smallest absolute Gasteiger partial charge is 0.147 e. The van der Waals surface area contributed by atoms with Crippen molar-refractivity contribution in [1.82, 2.24) is 9.88 Å². The van der Waals surface area contributed by atoms with Crippen LogP contribution in [0.4, 0.5) is 11.6 Å². The van der Waals surface area contributed by atoms with E-state index in [1.807, 2.05) is 7.05 Å². The molecule has 0 saturated carbocycles. The molecule has 0 aliphatic heterocycles. The molecule has 1 rings (SSSR count). The average Bonchev–Trinajstić information content (AvgIpc) is 2.38. The number of hydrogen-bond donors (Lipinski definition) is 2. The van der Waals surface area contributed by atoms with Crippen LogP contribution < -0.4 is 10.6 Å². The van der Waals surface area contributed by atoms with E-state index in [4.69, 9.17) is 27.9 Å². The lowest BCUT2D eigenvalue weighted by Crippen LogP contribution is -2.28. The van der Waals surface area contributed by atoms with Crippen LogP contribution in [0.15, 0.2) is 6.07 Å². The molecule has 0 spiro atoms. The first kappa shape index (κ1) is 16.3. The Hall–Kier alpha value is -0.750. The molecule has 0 aliphatic carbocycles. The first-order chi connectivity index (χ1) is 9.08. The second kappa shape index (κ2) is 8.43. The predicted molar refractivity (Wildman–Crippen MR) is 81.7 cm³/mol. The number of halogens is 2. The molecule has 0 unspecified atom stereocenters. The van der Waals surface area contributed by atoms with Gasteiger partial charge in [-0.1, -0.05) is 23.2 Å². The van der Waals surface area contributed by atoms with Crippen LogP contribution in [0.2, 0.25) is 10.0 Å². The first-order valence-corrected chi connectivity index (χ1v) is 6.79. The normalized spacial score (nSPS) is 10.8. The van der Waals surface area contributed by atoms with Gasteiger partial charge >= 0.3 is 0 Å². The fourth-order valence-electron chi connectivity index (χ4n) is 1.49. The number of aromatic nitrogens is 1. The number of ether oxygens (including phenoxy) is 1. The molecule has 0 aliphatic rings. The van der Waals surface area contributed by atoms with Crippen molar-refractivity contribution < 1.29 is 4.74 Å². The number of rotatable bonds is 8. The Labute approximate surface area is 124 Å². The maximum atomic E-state index is 6.09. The van der Waals surface area contributed by atoms with Crippen molar-refractivity contribution in [1.29, 1.82) is 0 Å². The SMILES string of the molecule is CNc1nc(NCCN(C)CCOC)c(Cl)cc1Cl. The molecule has 108 valence electrons. The molecule has 7 heteroatoms. The topological polar surface area (TPSA) is 49.4 Å². The van der Waals surface area contributed by atoms with Crippen molar-refractivity contribution in [2.45, 2.75) is 0 Å². The summed E-state index contributed by atoms with van der Waals surface area (Å²) in [4.78, 5) is 6.49. The van der Waals surface area contributed by atoms with E-state index in [0.717, 1.165) is 26.2 Å². The summed E-state index contributed by atoms with van der Waals surface area (Å²) in [6.07, 6.45) is 0. The number of pyridine rings is 1. The van der Waals surface area contributed by atoms with Crippen molar-refractivity contribution in [2.75, 3.05) is 58.1 Å². The summed E-state index contributed by atoms with van der Waals surface area (Å²) < 4.78 is 5.02. The monoisotopic (exact) mass is 306 g/mol. The molecule has 0 bridgehead atoms. The Morgan fingerprint density at radius 3 is 2.58 bits per heavy atom. The van der Waals surface area contributed by atoms with Gasteiger partial charge in [0.05, 0.1) is 16.7 Å². The van der Waals surface area contributed by atoms with Gasteiger partial charge < -0.3 is 20.3 Å². The highest BCUT2D eigenvalue weighted by atomic mass is 35.5. The zero-order valence-electron chi connectivity index (χ0n) is 11.5. The van der Waals surface area contributed by atoms with Crippen LogP contribution in [0, 0.1) is 0 Å². The van der Waals surface area contributed by atoms with E-state index in [-0.39, 0.29) is 0 Å². The average molecular weight is 307 g/mol. The maximum absolute atomic E-state index is 6.09. The fraction of sp³-hybridized carbons (Fsp3) is 0.583. The van der Waals surface area contributed by atoms with E-state index >= 15 is 0 Å². The standard InChI is InChI=1S/C12H20Cl2N4O/c1-15-11-9(13)8-10(14)12(17-11)16-4-5-18(2)6-7-19-3/h8H,4-7H2,1-3H3,(H2,15,16,17). The number of nitrogens with zero attached hydrogens (tertiary/aromatic N) is 2. The van der Waals surface area contributed by atoms with Gasteiger partial charge in [0.1, 0.15) is 11.6 Å². The van der Waals surface area contributed by atoms with Gasteiger partial charge in [0.15, 0.2) is 0 Å². The third-order valence-corrected chi connectivity index (χ3v) is 3.21. The Morgan fingerprint density at radius 2 is 1.95 bits per heavy atom. The largest absolute Gasteiger partial charge is 0.383 e. The summed E-state index contributed by atoms with van der Waals surface area (Å²) >= 11 is 12.1. The molecule has 1 aromatic heterocycles. The highest BCUT2D eigenvalue weighted by molar-refractivity contribution is 6.37. The van der Waals surface area contributed by atoms with E-state index in [0.29, 0.717) is 21.7 Å². The molecular formula is C12H20Cl2N4O. The molecule has 19 heavy (non-hydrogen) atoms. The van der Waals surface area contributed by atoms with E-state index in [1.165, 1.54) is 0 Å². The lowest BCUT2D eigenvalue weighted by molar-refractivity contribution is 0.163. The predicted octanol–water partition coefficient (Wildman–Crippen LogP) is 2.42. The van der Waals surface area contributed by atoms with E-state index in [2.05, 4.69) is 20.5 Å². The van der Waals surface area contributed by atoms with Gasteiger partial charge in [-0.25, -0.2) is 4.98 Å². The molecule has 0 amide bonds. The lowest BCUT2D eigenvalue weighted by atomic mass is 10.4. The van der Waals surface area contributed by atoms with Gasteiger partial charge in [-0.2, -0.15) is 0 Å². The molecule has 0 atom stereocenters. The third-order valence-electron chi connectivity index (χ3n) is 2.63. The van der Waals surface area contributed by atoms with Crippen LogP contribution in [0.3, 0.4) is 0 Å². The van der Waals surface area contributed by atoms with E-state index in [1.54, 1.807) is 20.2 Å². The molecule has 2 N–H and O–H groups in total. The van der Waals surface area contributed by atoms with E-state index < -0.39 is 0 Å². The summed E-state index contributed by atoms with van der Waals surface area (Å²) in [6, 6.07) is 1.68. The van der Waals surface area contributed by atoms with Gasteiger partial charge in [0.2, 0.25) is 0 Å². The summed E-state index contributed by atoms with van der Waals surface area (Å²) in [7, 11) is 5.50. The van der Waals surface area contributed by atoms with Crippen molar-refractivity contribution in [3.8, 4) is 0 Å². The second-order valence-corrected chi connectivity index (χ2v) is 4.94. The number of likely N-dealkylation sites (N-methyl/N-ethyl adjacent to an activating group) is 1. The molecule has 0 fully saturated rings.